The van der Waals surface area contributed by atoms with Crippen LogP contribution in [-0.2, 0) is 4.79 Å². The first-order chi connectivity index (χ1) is 8.70. The van der Waals surface area contributed by atoms with E-state index in [2.05, 4.69) is 5.32 Å². The van der Waals surface area contributed by atoms with Gasteiger partial charge in [0.05, 0.1) is 0 Å². The van der Waals surface area contributed by atoms with E-state index in [1.807, 2.05) is 0 Å². The Labute approximate surface area is 104 Å². The monoisotopic (exact) mass is 253 g/mol. The second-order valence-electron chi connectivity index (χ2n) is 3.85. The van der Waals surface area contributed by atoms with Gasteiger partial charge in [-0.2, -0.15) is 0 Å². The molecule has 0 amide bonds. The third-order valence-electron chi connectivity index (χ3n) is 2.55. The predicted molar refractivity (Wildman–Crippen MR) is 63.2 cm³/mol. The van der Waals surface area contributed by atoms with Crippen molar-refractivity contribution in [3.05, 3.63) is 18.2 Å². The summed E-state index contributed by atoms with van der Waals surface area (Å²) in [6, 6.07) is 5.01. The highest BCUT2D eigenvalue weighted by Crippen LogP contribution is 2.35. The highest BCUT2D eigenvalue weighted by molar-refractivity contribution is 5.72. The van der Waals surface area contributed by atoms with Gasteiger partial charge < -0.3 is 24.6 Å². The van der Waals surface area contributed by atoms with E-state index in [1.54, 1.807) is 25.2 Å². The van der Waals surface area contributed by atoms with E-state index in [0.717, 1.165) is 0 Å². The van der Waals surface area contributed by atoms with Crippen LogP contribution in [0.4, 0.5) is 0 Å². The Kier molecular flexibility index (Phi) is 3.88. The van der Waals surface area contributed by atoms with E-state index >= 15 is 0 Å². The zero-order valence-corrected chi connectivity index (χ0v) is 10.0. The second-order valence-corrected chi connectivity index (χ2v) is 3.85. The van der Waals surface area contributed by atoms with Gasteiger partial charge in [0.25, 0.3) is 0 Å². The van der Waals surface area contributed by atoms with Gasteiger partial charge in [-0.1, -0.05) is 0 Å². The highest BCUT2D eigenvalue weighted by atomic mass is 16.7. The lowest BCUT2D eigenvalue weighted by Gasteiger charge is -2.15. The van der Waals surface area contributed by atoms with Crippen molar-refractivity contribution < 1.29 is 24.1 Å². The first-order valence-corrected chi connectivity index (χ1v) is 5.64. The molecule has 0 bridgehead atoms. The van der Waals surface area contributed by atoms with Gasteiger partial charge in [-0.05, 0) is 25.7 Å². The van der Waals surface area contributed by atoms with Crippen LogP contribution < -0.4 is 19.5 Å². The van der Waals surface area contributed by atoms with E-state index in [0.29, 0.717) is 30.2 Å². The maximum Gasteiger partial charge on any atom is 0.344 e. The molecule has 6 nitrogen and oxygen atoms in total. The van der Waals surface area contributed by atoms with Crippen molar-refractivity contribution in [3.63, 3.8) is 0 Å². The number of ether oxygens (including phenoxy) is 3. The number of nitrogens with one attached hydrogen (secondary N) is 1. The van der Waals surface area contributed by atoms with E-state index < -0.39 is 12.1 Å². The Balaban J connectivity index is 2.04. The summed E-state index contributed by atoms with van der Waals surface area (Å²) in [6.07, 6.45) is -0.488. The van der Waals surface area contributed by atoms with Crippen LogP contribution in [0.1, 0.15) is 6.42 Å². The SMILES string of the molecule is CNCCC(Oc1ccc2c(c1)OCO2)C(=O)O. The molecular formula is C12H15NO5. The molecule has 0 saturated heterocycles. The smallest absolute Gasteiger partial charge is 0.344 e. The van der Waals surface area contributed by atoms with Crippen LogP contribution in [-0.4, -0.2) is 37.6 Å². The lowest BCUT2D eigenvalue weighted by atomic mass is 10.2. The van der Waals surface area contributed by atoms with Crippen LogP contribution in [0.5, 0.6) is 17.2 Å². The molecule has 1 aliphatic heterocycles. The minimum Gasteiger partial charge on any atom is -0.479 e. The molecule has 1 aliphatic rings. The van der Waals surface area contributed by atoms with Crippen LogP contribution in [0.3, 0.4) is 0 Å². The average molecular weight is 253 g/mol. The highest BCUT2D eigenvalue weighted by Gasteiger charge is 2.20. The number of rotatable bonds is 6. The van der Waals surface area contributed by atoms with Crippen molar-refractivity contribution in [2.75, 3.05) is 20.4 Å². The fraction of sp³-hybridized carbons (Fsp3) is 0.417. The quantitative estimate of drug-likeness (QED) is 0.783. The number of aliphatic carboxylic acids is 1. The van der Waals surface area contributed by atoms with Crippen LogP contribution in [0.25, 0.3) is 0 Å². The van der Waals surface area contributed by atoms with Gasteiger partial charge in [0.15, 0.2) is 17.6 Å². The Bertz CT molecular complexity index is 434. The first-order valence-electron chi connectivity index (χ1n) is 5.64. The van der Waals surface area contributed by atoms with Gasteiger partial charge in [0.1, 0.15) is 5.75 Å². The van der Waals surface area contributed by atoms with Gasteiger partial charge >= 0.3 is 5.97 Å². The molecule has 0 fully saturated rings. The number of carboxylic acid groups (broad SMARTS) is 1. The van der Waals surface area contributed by atoms with Crippen LogP contribution in [0.15, 0.2) is 18.2 Å². The van der Waals surface area contributed by atoms with Gasteiger partial charge in [-0.3, -0.25) is 0 Å². The Morgan fingerprint density at radius 3 is 3.00 bits per heavy atom. The van der Waals surface area contributed by atoms with Crippen molar-refractivity contribution in [1.29, 1.82) is 0 Å². The van der Waals surface area contributed by atoms with Crippen LogP contribution in [0.2, 0.25) is 0 Å². The molecule has 6 heteroatoms. The largest absolute Gasteiger partial charge is 0.479 e. The zero-order chi connectivity index (χ0) is 13.0. The maximum atomic E-state index is 11.0. The van der Waals surface area contributed by atoms with Crippen molar-refractivity contribution in [2.45, 2.75) is 12.5 Å². The topological polar surface area (TPSA) is 77.0 Å². The summed E-state index contributed by atoms with van der Waals surface area (Å²) >= 11 is 0. The number of fused-ring (bicyclic) bond motifs is 1. The summed E-state index contributed by atoms with van der Waals surface area (Å²) in [5.41, 5.74) is 0. The summed E-state index contributed by atoms with van der Waals surface area (Å²) in [5, 5.41) is 11.9. The van der Waals surface area contributed by atoms with Crippen LogP contribution in [0, 0.1) is 0 Å². The van der Waals surface area contributed by atoms with Crippen molar-refractivity contribution in [1.82, 2.24) is 5.32 Å². The minimum absolute atomic E-state index is 0.181. The number of benzene rings is 1. The molecule has 1 atom stereocenters. The molecule has 1 heterocycles. The van der Waals surface area contributed by atoms with Crippen molar-refractivity contribution in [3.8, 4) is 17.2 Å². The first kappa shape index (κ1) is 12.5. The third-order valence-corrected chi connectivity index (χ3v) is 2.55. The summed E-state index contributed by atoms with van der Waals surface area (Å²) in [5.74, 6) is 0.695. The number of hydrogen-bond donors (Lipinski definition) is 2. The summed E-state index contributed by atoms with van der Waals surface area (Å²) in [6.45, 7) is 0.752. The molecule has 0 aliphatic carbocycles. The third kappa shape index (κ3) is 2.84. The fourth-order valence-corrected chi connectivity index (χ4v) is 1.62. The van der Waals surface area contributed by atoms with E-state index in [4.69, 9.17) is 19.3 Å². The van der Waals surface area contributed by atoms with Gasteiger partial charge in [0.2, 0.25) is 6.79 Å². The fourth-order valence-electron chi connectivity index (χ4n) is 1.62. The van der Waals surface area contributed by atoms with E-state index in [-0.39, 0.29) is 6.79 Å². The molecule has 1 aromatic carbocycles. The lowest BCUT2D eigenvalue weighted by Crippen LogP contribution is -2.30. The molecule has 0 aromatic heterocycles. The van der Waals surface area contributed by atoms with E-state index in [9.17, 15) is 4.79 Å². The second kappa shape index (κ2) is 5.59. The molecule has 0 radical (unpaired) electrons. The Morgan fingerprint density at radius 2 is 2.28 bits per heavy atom. The van der Waals surface area contributed by atoms with Crippen LogP contribution >= 0.6 is 0 Å². The van der Waals surface area contributed by atoms with Crippen molar-refractivity contribution in [2.24, 2.45) is 0 Å². The molecule has 1 aromatic rings. The summed E-state index contributed by atoms with van der Waals surface area (Å²) < 4.78 is 15.8. The lowest BCUT2D eigenvalue weighted by molar-refractivity contribution is -0.145. The van der Waals surface area contributed by atoms with Gasteiger partial charge in [-0.15, -0.1) is 0 Å². The van der Waals surface area contributed by atoms with Gasteiger partial charge in [0, 0.05) is 12.5 Å². The number of carboxylic acids is 1. The van der Waals surface area contributed by atoms with Crippen molar-refractivity contribution >= 4 is 5.97 Å². The van der Waals surface area contributed by atoms with Gasteiger partial charge in [-0.25, -0.2) is 4.79 Å². The maximum absolute atomic E-state index is 11.0. The molecule has 18 heavy (non-hydrogen) atoms. The molecule has 0 saturated carbocycles. The molecule has 2 N–H and O–H groups in total. The summed E-state index contributed by atoms with van der Waals surface area (Å²) in [4.78, 5) is 11.0. The Morgan fingerprint density at radius 1 is 1.50 bits per heavy atom. The zero-order valence-electron chi connectivity index (χ0n) is 10.0. The molecule has 98 valence electrons. The van der Waals surface area contributed by atoms with E-state index in [1.165, 1.54) is 0 Å². The normalized spacial score (nSPS) is 14.3. The number of hydrogen-bond acceptors (Lipinski definition) is 5. The Hall–Kier alpha value is -1.95. The number of carbonyl (C=O) groups is 1. The summed E-state index contributed by atoms with van der Waals surface area (Å²) in [7, 11) is 1.76. The molecule has 0 spiro atoms. The standard InChI is InChI=1S/C12H15NO5/c1-13-5-4-10(12(14)15)18-8-2-3-9-11(6-8)17-7-16-9/h2-3,6,10,13H,4-5,7H2,1H3,(H,14,15). The molecule has 1 unspecified atom stereocenters. The average Bonchev–Trinajstić information content (AvgIpc) is 2.81. The predicted octanol–water partition coefficient (Wildman–Crippen LogP) is 0.857. The minimum atomic E-state index is -0.983. The molecular weight excluding hydrogens is 238 g/mol. The molecule has 2 rings (SSSR count).